The monoisotopic (exact) mass is 590 g/mol. The lowest BCUT2D eigenvalue weighted by atomic mass is 9.88. The lowest BCUT2D eigenvalue weighted by Gasteiger charge is -2.16. The fraction of sp³-hybridized carbons (Fsp3) is 0.545. The van der Waals surface area contributed by atoms with Crippen LogP contribution in [0.5, 0.6) is 0 Å². The normalized spacial score (nSPS) is 11.6. The molecule has 0 aliphatic heterocycles. The summed E-state index contributed by atoms with van der Waals surface area (Å²) in [7, 11) is 0. The van der Waals surface area contributed by atoms with Crippen LogP contribution < -0.4 is 0 Å². The van der Waals surface area contributed by atoms with Crippen molar-refractivity contribution in [2.75, 3.05) is 0 Å². The Hall–Kier alpha value is -2.60. The van der Waals surface area contributed by atoms with E-state index < -0.39 is 0 Å². The SMILES string of the molecule is CCCCCCCCCCCCc1ccc(-c2ccc(CCCCCCCCCCCC)c3ccccc23)c2ccccc12. The van der Waals surface area contributed by atoms with Crippen molar-refractivity contribution in [2.24, 2.45) is 0 Å². The largest absolute Gasteiger partial charge is 0.0654 e. The van der Waals surface area contributed by atoms with Gasteiger partial charge in [-0.25, -0.2) is 0 Å². The van der Waals surface area contributed by atoms with E-state index in [1.54, 1.807) is 0 Å². The van der Waals surface area contributed by atoms with E-state index in [9.17, 15) is 0 Å². The Morgan fingerprint density at radius 2 is 0.591 bits per heavy atom. The van der Waals surface area contributed by atoms with E-state index in [0.717, 1.165) is 0 Å². The molecule has 0 unspecified atom stereocenters. The third kappa shape index (κ3) is 10.8. The molecule has 238 valence electrons. The third-order valence-corrected chi connectivity index (χ3v) is 9.92. The van der Waals surface area contributed by atoms with Crippen molar-refractivity contribution < 1.29 is 0 Å². The van der Waals surface area contributed by atoms with E-state index in [2.05, 4.69) is 86.6 Å². The van der Waals surface area contributed by atoms with Crippen molar-refractivity contribution in [3.8, 4) is 11.1 Å². The molecule has 0 atom stereocenters. The zero-order valence-corrected chi connectivity index (χ0v) is 28.5. The van der Waals surface area contributed by atoms with E-state index in [4.69, 9.17) is 0 Å². The molecule has 0 spiro atoms. The number of fused-ring (bicyclic) bond motifs is 2. The number of hydrogen-bond acceptors (Lipinski definition) is 0. The summed E-state index contributed by atoms with van der Waals surface area (Å²) in [6, 6.07) is 28.0. The Kier molecular flexibility index (Phi) is 15.9. The maximum Gasteiger partial charge on any atom is -0.00990 e. The number of unbranched alkanes of at least 4 members (excludes halogenated alkanes) is 18. The molecular formula is C44H62. The van der Waals surface area contributed by atoms with E-state index in [0.29, 0.717) is 0 Å². The van der Waals surface area contributed by atoms with Gasteiger partial charge in [0.15, 0.2) is 0 Å². The highest BCUT2D eigenvalue weighted by Gasteiger charge is 2.12. The van der Waals surface area contributed by atoms with Gasteiger partial charge in [-0.15, -0.1) is 0 Å². The molecule has 0 saturated carbocycles. The highest BCUT2D eigenvalue weighted by atomic mass is 14.2. The molecule has 0 heterocycles. The smallest absolute Gasteiger partial charge is 0.00990 e. The van der Waals surface area contributed by atoms with Crippen molar-refractivity contribution in [1.82, 2.24) is 0 Å². The molecule has 4 aromatic rings. The van der Waals surface area contributed by atoms with Crippen LogP contribution >= 0.6 is 0 Å². The summed E-state index contributed by atoms with van der Waals surface area (Å²) < 4.78 is 0. The Labute approximate surface area is 271 Å². The first-order valence-corrected chi connectivity index (χ1v) is 18.8. The highest BCUT2D eigenvalue weighted by Crippen LogP contribution is 2.37. The van der Waals surface area contributed by atoms with E-state index in [-0.39, 0.29) is 0 Å². The number of rotatable bonds is 23. The van der Waals surface area contributed by atoms with Crippen molar-refractivity contribution in [3.63, 3.8) is 0 Å². The van der Waals surface area contributed by atoms with Crippen LogP contribution in [0.3, 0.4) is 0 Å². The Bertz CT molecular complexity index is 1240. The summed E-state index contributed by atoms with van der Waals surface area (Å²) in [6.07, 6.45) is 30.2. The Balaban J connectivity index is 1.34. The summed E-state index contributed by atoms with van der Waals surface area (Å²) in [6.45, 7) is 4.60. The standard InChI is InChI=1S/C44H62/c1-3-5-7-9-11-13-15-17-19-21-27-37-33-35-43(41-31-25-23-29-39(37)41)44-36-34-38(40-30-24-26-32-42(40)44)28-22-20-18-16-14-12-10-8-6-4-2/h23-26,29-36H,3-22,27-28H2,1-2H3. The van der Waals surface area contributed by atoms with Crippen LogP contribution in [0.2, 0.25) is 0 Å². The van der Waals surface area contributed by atoms with Crippen LogP contribution in [-0.2, 0) is 12.8 Å². The molecule has 0 saturated heterocycles. The minimum absolute atomic E-state index is 1.19. The summed E-state index contributed by atoms with van der Waals surface area (Å²) in [5.41, 5.74) is 5.81. The second-order valence-corrected chi connectivity index (χ2v) is 13.5. The molecule has 0 nitrogen and oxygen atoms in total. The zero-order chi connectivity index (χ0) is 30.7. The van der Waals surface area contributed by atoms with Crippen LogP contribution in [0, 0.1) is 0 Å². The van der Waals surface area contributed by atoms with E-state index in [1.807, 2.05) is 0 Å². The van der Waals surface area contributed by atoms with Gasteiger partial charge in [-0.2, -0.15) is 0 Å². The number of hydrogen-bond donors (Lipinski definition) is 0. The summed E-state index contributed by atoms with van der Waals surface area (Å²) in [4.78, 5) is 0. The van der Waals surface area contributed by atoms with Crippen LogP contribution in [0.15, 0.2) is 72.8 Å². The number of aryl methyl sites for hydroxylation is 2. The van der Waals surface area contributed by atoms with Gasteiger partial charge >= 0.3 is 0 Å². The fourth-order valence-electron chi connectivity index (χ4n) is 7.23. The first-order chi connectivity index (χ1) is 21.8. The molecular weight excluding hydrogens is 528 g/mol. The molecule has 4 rings (SSSR count). The summed E-state index contributed by atoms with van der Waals surface area (Å²) in [5, 5.41) is 5.70. The van der Waals surface area contributed by atoms with E-state index in [1.165, 1.54) is 185 Å². The molecule has 4 aromatic carbocycles. The Morgan fingerprint density at radius 1 is 0.295 bits per heavy atom. The maximum absolute atomic E-state index is 2.43. The van der Waals surface area contributed by atoms with Crippen molar-refractivity contribution in [3.05, 3.63) is 83.9 Å². The van der Waals surface area contributed by atoms with Crippen LogP contribution in [0.4, 0.5) is 0 Å². The van der Waals surface area contributed by atoms with Gasteiger partial charge in [-0.05, 0) is 69.5 Å². The van der Waals surface area contributed by atoms with E-state index >= 15 is 0 Å². The molecule has 0 fully saturated rings. The van der Waals surface area contributed by atoms with Gasteiger partial charge in [0, 0.05) is 0 Å². The van der Waals surface area contributed by atoms with Gasteiger partial charge < -0.3 is 0 Å². The Morgan fingerprint density at radius 3 is 0.932 bits per heavy atom. The lowest BCUT2D eigenvalue weighted by molar-refractivity contribution is 0.556. The molecule has 0 radical (unpaired) electrons. The molecule has 0 aromatic heterocycles. The summed E-state index contributed by atoms with van der Waals surface area (Å²) >= 11 is 0. The average molecular weight is 591 g/mol. The quantitative estimate of drug-likeness (QED) is 0.0754. The van der Waals surface area contributed by atoms with Crippen molar-refractivity contribution in [1.29, 1.82) is 0 Å². The van der Waals surface area contributed by atoms with Gasteiger partial charge in [0.25, 0.3) is 0 Å². The second kappa shape index (κ2) is 20.4. The van der Waals surface area contributed by atoms with Crippen LogP contribution in [0.1, 0.15) is 153 Å². The molecule has 0 aliphatic rings. The van der Waals surface area contributed by atoms with Crippen molar-refractivity contribution in [2.45, 2.75) is 155 Å². The minimum Gasteiger partial charge on any atom is -0.0654 e. The first kappa shape index (κ1) is 34.3. The fourth-order valence-corrected chi connectivity index (χ4v) is 7.23. The van der Waals surface area contributed by atoms with Gasteiger partial charge in [-0.1, -0.05) is 202 Å². The average Bonchev–Trinajstić information content (AvgIpc) is 3.06. The predicted octanol–water partition coefficient (Wildman–Crippen LogP) is 14.6. The molecule has 0 bridgehead atoms. The molecule has 44 heavy (non-hydrogen) atoms. The van der Waals surface area contributed by atoms with Gasteiger partial charge in [-0.3, -0.25) is 0 Å². The molecule has 0 N–H and O–H groups in total. The third-order valence-electron chi connectivity index (χ3n) is 9.92. The second-order valence-electron chi connectivity index (χ2n) is 13.5. The minimum atomic E-state index is 1.19. The topological polar surface area (TPSA) is 0 Å². The van der Waals surface area contributed by atoms with Gasteiger partial charge in [0.2, 0.25) is 0 Å². The van der Waals surface area contributed by atoms with Gasteiger partial charge in [0.05, 0.1) is 0 Å². The lowest BCUT2D eigenvalue weighted by Crippen LogP contribution is -1.93. The number of benzene rings is 4. The molecule has 0 heteroatoms. The van der Waals surface area contributed by atoms with Crippen LogP contribution in [0.25, 0.3) is 32.7 Å². The molecule has 0 amide bonds. The first-order valence-electron chi connectivity index (χ1n) is 18.8. The summed E-state index contributed by atoms with van der Waals surface area (Å²) in [5.74, 6) is 0. The van der Waals surface area contributed by atoms with Crippen molar-refractivity contribution >= 4 is 21.5 Å². The molecule has 0 aliphatic carbocycles. The zero-order valence-electron chi connectivity index (χ0n) is 28.5. The highest BCUT2D eigenvalue weighted by molar-refractivity contribution is 6.07. The maximum atomic E-state index is 2.43. The van der Waals surface area contributed by atoms with Crippen LogP contribution in [-0.4, -0.2) is 0 Å². The predicted molar refractivity (Wildman–Crippen MR) is 198 cm³/mol. The van der Waals surface area contributed by atoms with Gasteiger partial charge in [0.1, 0.15) is 0 Å².